The number of ketones is 1. The number of Topliss-reactive ketones (excluding diaryl/α,β-unsaturated/α-hetero) is 1. The van der Waals surface area contributed by atoms with Crippen LogP contribution in [0.15, 0.2) is 96.2 Å². The predicted molar refractivity (Wildman–Crippen MR) is 135 cm³/mol. The Morgan fingerprint density at radius 1 is 0.857 bits per heavy atom. The molecule has 2 amide bonds. The molecule has 1 aliphatic heterocycles. The van der Waals surface area contributed by atoms with Crippen molar-refractivity contribution in [2.24, 2.45) is 5.92 Å². The fraction of sp³-hybridized carbons (Fsp3) is 0.233. The summed E-state index contributed by atoms with van der Waals surface area (Å²) in [5.41, 5.74) is 5.01. The van der Waals surface area contributed by atoms with Crippen LogP contribution < -0.4 is 5.32 Å². The number of nitrogens with one attached hydrogen (secondary N) is 1. The number of aryl methyl sites for hydroxylation is 1. The highest BCUT2D eigenvalue weighted by atomic mass is 16.2. The van der Waals surface area contributed by atoms with Gasteiger partial charge < -0.3 is 10.2 Å². The molecule has 3 aromatic rings. The predicted octanol–water partition coefficient (Wildman–Crippen LogP) is 5.38. The van der Waals surface area contributed by atoms with Gasteiger partial charge in [0.25, 0.3) is 0 Å². The Balaban J connectivity index is 1.51. The molecule has 1 N–H and O–H groups in total. The quantitative estimate of drug-likeness (QED) is 0.551. The number of rotatable bonds is 5. The number of benzene rings is 3. The van der Waals surface area contributed by atoms with Gasteiger partial charge in [0.05, 0.1) is 12.5 Å². The van der Waals surface area contributed by atoms with E-state index in [4.69, 9.17) is 0 Å². The molecule has 176 valence electrons. The molecular weight excluding hydrogens is 436 g/mol. The number of hydrogen-bond acceptors (Lipinski definition) is 3. The van der Waals surface area contributed by atoms with Crippen LogP contribution in [-0.4, -0.2) is 22.5 Å². The van der Waals surface area contributed by atoms with Gasteiger partial charge in [-0.25, -0.2) is 0 Å². The van der Waals surface area contributed by atoms with Crippen molar-refractivity contribution < 1.29 is 14.4 Å². The monoisotopic (exact) mass is 464 g/mol. The summed E-state index contributed by atoms with van der Waals surface area (Å²) in [6, 6.07) is 27.2. The topological polar surface area (TPSA) is 66.5 Å². The summed E-state index contributed by atoms with van der Waals surface area (Å²) in [6.07, 6.45) is 0.883. The lowest BCUT2D eigenvalue weighted by atomic mass is 9.74. The SMILES string of the molecule is Cc1ccc(NC(=O)[C@H]2CC(=O)N(Cc3ccccc3)C3=C2C(=O)C[C@H](c2ccccc2)C3)cc1. The van der Waals surface area contributed by atoms with E-state index in [0.717, 1.165) is 16.7 Å². The lowest BCUT2D eigenvalue weighted by molar-refractivity contribution is -0.136. The third-order valence-electron chi connectivity index (χ3n) is 6.93. The van der Waals surface area contributed by atoms with Gasteiger partial charge in [-0.1, -0.05) is 78.4 Å². The molecule has 0 spiro atoms. The fourth-order valence-corrected chi connectivity index (χ4v) is 5.10. The van der Waals surface area contributed by atoms with Gasteiger partial charge in [0.2, 0.25) is 11.8 Å². The summed E-state index contributed by atoms with van der Waals surface area (Å²) < 4.78 is 0. The first-order chi connectivity index (χ1) is 17.0. The van der Waals surface area contributed by atoms with E-state index in [1.165, 1.54) is 0 Å². The molecule has 0 aromatic heterocycles. The van der Waals surface area contributed by atoms with Crippen molar-refractivity contribution in [3.63, 3.8) is 0 Å². The number of nitrogens with zero attached hydrogens (tertiary/aromatic N) is 1. The average Bonchev–Trinajstić information content (AvgIpc) is 2.88. The number of allylic oxidation sites excluding steroid dienone is 1. The summed E-state index contributed by atoms with van der Waals surface area (Å²) in [5, 5.41) is 2.92. The zero-order valence-corrected chi connectivity index (χ0v) is 19.7. The van der Waals surface area contributed by atoms with Gasteiger partial charge in [-0.2, -0.15) is 0 Å². The lowest BCUT2D eigenvalue weighted by Crippen LogP contribution is -2.45. The largest absolute Gasteiger partial charge is 0.326 e. The number of carbonyl (C=O) groups is 3. The third-order valence-corrected chi connectivity index (χ3v) is 6.93. The molecule has 0 bridgehead atoms. The summed E-state index contributed by atoms with van der Waals surface area (Å²) in [6.45, 7) is 2.37. The molecule has 35 heavy (non-hydrogen) atoms. The van der Waals surface area contributed by atoms with Crippen LogP contribution in [0, 0.1) is 12.8 Å². The zero-order chi connectivity index (χ0) is 24.4. The Morgan fingerprint density at radius 3 is 2.20 bits per heavy atom. The van der Waals surface area contributed by atoms with Gasteiger partial charge >= 0.3 is 0 Å². The molecule has 2 aliphatic rings. The average molecular weight is 465 g/mol. The molecular formula is C30H28N2O3. The number of hydrogen-bond donors (Lipinski definition) is 1. The molecule has 3 aromatic carbocycles. The Morgan fingerprint density at radius 2 is 1.51 bits per heavy atom. The second-order valence-electron chi connectivity index (χ2n) is 9.38. The van der Waals surface area contributed by atoms with Crippen LogP contribution in [-0.2, 0) is 20.9 Å². The van der Waals surface area contributed by atoms with E-state index in [1.807, 2.05) is 91.9 Å². The minimum Gasteiger partial charge on any atom is -0.326 e. The maximum Gasteiger partial charge on any atom is 0.232 e. The van der Waals surface area contributed by atoms with Crippen molar-refractivity contribution in [2.75, 3.05) is 5.32 Å². The standard InChI is InChI=1S/C30H28N2O3/c1-20-12-14-24(15-13-20)31-30(35)25-18-28(34)32(19-21-8-4-2-5-9-21)26-16-23(17-27(33)29(25)26)22-10-6-3-7-11-22/h2-15,23,25H,16-19H2,1H3,(H,31,35)/t23-,25+/m1/s1. The van der Waals surface area contributed by atoms with Gasteiger partial charge in [0.15, 0.2) is 5.78 Å². The van der Waals surface area contributed by atoms with Gasteiger partial charge in [-0.05, 0) is 42.5 Å². The van der Waals surface area contributed by atoms with Crippen LogP contribution in [0.25, 0.3) is 0 Å². The van der Waals surface area contributed by atoms with Crippen molar-refractivity contribution in [1.82, 2.24) is 4.90 Å². The second-order valence-corrected chi connectivity index (χ2v) is 9.38. The summed E-state index contributed by atoms with van der Waals surface area (Å²) in [5.74, 6) is -1.28. The third kappa shape index (κ3) is 4.80. The van der Waals surface area contributed by atoms with Crippen LogP contribution in [0.3, 0.4) is 0 Å². The maximum absolute atomic E-state index is 13.6. The fourth-order valence-electron chi connectivity index (χ4n) is 5.10. The van der Waals surface area contributed by atoms with Crippen molar-refractivity contribution in [3.05, 3.63) is 113 Å². The highest BCUT2D eigenvalue weighted by molar-refractivity contribution is 6.09. The van der Waals surface area contributed by atoms with Crippen molar-refractivity contribution in [3.8, 4) is 0 Å². The zero-order valence-electron chi connectivity index (χ0n) is 19.7. The Labute approximate surface area is 205 Å². The molecule has 0 unspecified atom stereocenters. The van der Waals surface area contributed by atoms with Gasteiger partial charge in [-0.3, -0.25) is 14.4 Å². The number of amides is 2. The van der Waals surface area contributed by atoms with E-state index >= 15 is 0 Å². The highest BCUT2D eigenvalue weighted by Gasteiger charge is 2.44. The van der Waals surface area contributed by atoms with E-state index in [2.05, 4.69) is 5.32 Å². The van der Waals surface area contributed by atoms with Gasteiger partial charge in [-0.15, -0.1) is 0 Å². The number of anilines is 1. The lowest BCUT2D eigenvalue weighted by Gasteiger charge is -2.40. The molecule has 2 atom stereocenters. The van der Waals surface area contributed by atoms with E-state index in [1.54, 1.807) is 4.90 Å². The molecule has 0 radical (unpaired) electrons. The smallest absolute Gasteiger partial charge is 0.232 e. The molecule has 5 rings (SSSR count). The van der Waals surface area contributed by atoms with Crippen molar-refractivity contribution >= 4 is 23.3 Å². The first kappa shape index (κ1) is 22.8. The molecule has 0 saturated heterocycles. The molecule has 1 heterocycles. The van der Waals surface area contributed by atoms with Crippen LogP contribution in [0.5, 0.6) is 0 Å². The van der Waals surface area contributed by atoms with Crippen LogP contribution in [0.4, 0.5) is 5.69 Å². The first-order valence-electron chi connectivity index (χ1n) is 12.0. The van der Waals surface area contributed by atoms with Crippen molar-refractivity contribution in [2.45, 2.75) is 38.6 Å². The molecule has 0 fully saturated rings. The number of carbonyl (C=O) groups excluding carboxylic acids is 3. The minimum absolute atomic E-state index is 0.00882. The maximum atomic E-state index is 13.6. The molecule has 1 aliphatic carbocycles. The van der Waals surface area contributed by atoms with Crippen LogP contribution >= 0.6 is 0 Å². The summed E-state index contributed by atoms with van der Waals surface area (Å²) in [4.78, 5) is 42.0. The van der Waals surface area contributed by atoms with E-state index < -0.39 is 5.92 Å². The van der Waals surface area contributed by atoms with E-state index in [0.29, 0.717) is 36.3 Å². The minimum atomic E-state index is -0.782. The Hall–Kier alpha value is -3.99. The Kier molecular flexibility index (Phi) is 6.32. The van der Waals surface area contributed by atoms with E-state index in [9.17, 15) is 14.4 Å². The van der Waals surface area contributed by atoms with Crippen molar-refractivity contribution in [1.29, 1.82) is 0 Å². The summed E-state index contributed by atoms with van der Waals surface area (Å²) in [7, 11) is 0. The molecule has 5 heteroatoms. The van der Waals surface area contributed by atoms with Gasteiger partial charge in [0, 0.05) is 29.8 Å². The van der Waals surface area contributed by atoms with Crippen LogP contribution in [0.1, 0.15) is 41.9 Å². The molecule has 0 saturated carbocycles. The van der Waals surface area contributed by atoms with Crippen LogP contribution in [0.2, 0.25) is 0 Å². The van der Waals surface area contributed by atoms with Gasteiger partial charge in [0.1, 0.15) is 0 Å². The Bertz CT molecular complexity index is 1280. The second kappa shape index (κ2) is 9.71. The first-order valence-corrected chi connectivity index (χ1v) is 12.0. The molecule has 5 nitrogen and oxygen atoms in total. The van der Waals surface area contributed by atoms with E-state index in [-0.39, 0.29) is 29.9 Å². The summed E-state index contributed by atoms with van der Waals surface area (Å²) >= 11 is 0. The highest BCUT2D eigenvalue weighted by Crippen LogP contribution is 2.43. The normalized spacial score (nSPS) is 20.0.